The van der Waals surface area contributed by atoms with E-state index in [4.69, 9.17) is 5.11 Å². The maximum absolute atomic E-state index is 11.1. The number of pyridine rings is 1. The van der Waals surface area contributed by atoms with Crippen molar-refractivity contribution in [1.82, 2.24) is 9.38 Å². The topological polar surface area (TPSA) is 74.8 Å². The number of fused-ring (bicyclic) bond motifs is 1. The van der Waals surface area contributed by atoms with E-state index in [1.165, 1.54) is 6.07 Å². The van der Waals surface area contributed by atoms with Gasteiger partial charge >= 0.3 is 5.97 Å². The van der Waals surface area contributed by atoms with Crippen molar-refractivity contribution in [1.29, 1.82) is 0 Å². The summed E-state index contributed by atoms with van der Waals surface area (Å²) in [6, 6.07) is 10.1. The molecule has 0 amide bonds. The Morgan fingerprint density at radius 1 is 1.20 bits per heavy atom. The third-order valence-corrected chi connectivity index (χ3v) is 3.08. The van der Waals surface area contributed by atoms with E-state index in [2.05, 4.69) is 4.98 Å². The lowest BCUT2D eigenvalue weighted by atomic mass is 10.1. The van der Waals surface area contributed by atoms with Gasteiger partial charge in [-0.25, -0.2) is 9.78 Å². The van der Waals surface area contributed by atoms with Crippen LogP contribution < -0.4 is 0 Å². The van der Waals surface area contributed by atoms with Crippen molar-refractivity contribution in [3.05, 3.63) is 65.6 Å². The summed E-state index contributed by atoms with van der Waals surface area (Å²) in [6.07, 6.45) is 4.17. The van der Waals surface area contributed by atoms with Crippen LogP contribution in [0.1, 0.15) is 21.6 Å². The SMILES string of the molecule is O=C(O)c1cccn2cc(Cc3ccc(O)cc3)nc12. The summed E-state index contributed by atoms with van der Waals surface area (Å²) in [5, 5.41) is 18.4. The van der Waals surface area contributed by atoms with Crippen LogP contribution in [0.25, 0.3) is 5.65 Å². The van der Waals surface area contributed by atoms with E-state index in [-0.39, 0.29) is 11.3 Å². The van der Waals surface area contributed by atoms with E-state index < -0.39 is 5.97 Å². The molecule has 3 rings (SSSR count). The molecule has 20 heavy (non-hydrogen) atoms. The Hall–Kier alpha value is -2.82. The Morgan fingerprint density at radius 2 is 1.95 bits per heavy atom. The van der Waals surface area contributed by atoms with E-state index in [0.717, 1.165) is 11.3 Å². The molecule has 0 aliphatic rings. The Bertz CT molecular complexity index is 775. The fourth-order valence-electron chi connectivity index (χ4n) is 2.14. The highest BCUT2D eigenvalue weighted by Crippen LogP contribution is 2.16. The molecule has 0 spiro atoms. The highest BCUT2D eigenvalue weighted by atomic mass is 16.4. The first-order valence-corrected chi connectivity index (χ1v) is 6.11. The standard InChI is InChI=1S/C15H12N2O3/c18-12-5-3-10(4-6-12)8-11-9-17-7-1-2-13(15(19)20)14(17)16-11/h1-7,9,18H,8H2,(H,19,20). The van der Waals surface area contributed by atoms with Crippen LogP contribution in [0.5, 0.6) is 5.75 Å². The van der Waals surface area contributed by atoms with Crippen molar-refractivity contribution in [2.75, 3.05) is 0 Å². The largest absolute Gasteiger partial charge is 0.508 e. The van der Waals surface area contributed by atoms with Crippen molar-refractivity contribution in [3.8, 4) is 5.75 Å². The van der Waals surface area contributed by atoms with Gasteiger partial charge in [0.05, 0.1) is 5.69 Å². The van der Waals surface area contributed by atoms with Gasteiger partial charge in [-0.1, -0.05) is 12.1 Å². The molecule has 0 fully saturated rings. The van der Waals surface area contributed by atoms with Gasteiger partial charge in [0.25, 0.3) is 0 Å². The van der Waals surface area contributed by atoms with Crippen LogP contribution in [-0.4, -0.2) is 25.6 Å². The number of carbonyl (C=O) groups is 1. The van der Waals surface area contributed by atoms with Gasteiger partial charge in [0.2, 0.25) is 0 Å². The number of nitrogens with zero attached hydrogens (tertiary/aromatic N) is 2. The third kappa shape index (κ3) is 2.21. The van der Waals surface area contributed by atoms with Gasteiger partial charge in [-0.15, -0.1) is 0 Å². The molecule has 5 heteroatoms. The highest BCUT2D eigenvalue weighted by Gasteiger charge is 2.11. The fourth-order valence-corrected chi connectivity index (χ4v) is 2.14. The van der Waals surface area contributed by atoms with Gasteiger partial charge < -0.3 is 14.6 Å². The molecule has 0 aliphatic heterocycles. The van der Waals surface area contributed by atoms with E-state index in [9.17, 15) is 9.90 Å². The lowest BCUT2D eigenvalue weighted by Gasteiger charge is -1.97. The van der Waals surface area contributed by atoms with Crippen molar-refractivity contribution in [2.45, 2.75) is 6.42 Å². The second-order valence-electron chi connectivity index (χ2n) is 4.53. The average molecular weight is 268 g/mol. The second-order valence-corrected chi connectivity index (χ2v) is 4.53. The van der Waals surface area contributed by atoms with Crippen molar-refractivity contribution < 1.29 is 15.0 Å². The van der Waals surface area contributed by atoms with Crippen LogP contribution in [-0.2, 0) is 6.42 Å². The molecule has 3 aromatic rings. The minimum Gasteiger partial charge on any atom is -0.508 e. The predicted octanol–water partition coefficient (Wildman–Crippen LogP) is 2.33. The number of aromatic carboxylic acids is 1. The van der Waals surface area contributed by atoms with Crippen LogP contribution in [0, 0.1) is 0 Å². The molecule has 2 aromatic heterocycles. The molecule has 100 valence electrons. The van der Waals surface area contributed by atoms with Crippen LogP contribution in [0.15, 0.2) is 48.8 Å². The molecule has 0 unspecified atom stereocenters. The number of hydrogen-bond donors (Lipinski definition) is 2. The number of carboxylic acid groups (broad SMARTS) is 1. The van der Waals surface area contributed by atoms with Gasteiger partial charge in [-0.3, -0.25) is 0 Å². The van der Waals surface area contributed by atoms with E-state index in [0.29, 0.717) is 12.1 Å². The Balaban J connectivity index is 1.99. The molecule has 2 heterocycles. The first-order chi connectivity index (χ1) is 9.63. The number of aromatic nitrogens is 2. The molecular weight excluding hydrogens is 256 g/mol. The molecule has 0 saturated heterocycles. The Labute approximate surface area is 114 Å². The summed E-state index contributed by atoms with van der Waals surface area (Å²) in [4.78, 5) is 15.5. The van der Waals surface area contributed by atoms with Crippen molar-refractivity contribution >= 4 is 11.6 Å². The minimum atomic E-state index is -0.989. The molecule has 0 saturated carbocycles. The van der Waals surface area contributed by atoms with Crippen LogP contribution in [0.4, 0.5) is 0 Å². The summed E-state index contributed by atoms with van der Waals surface area (Å²) in [5.74, 6) is -0.769. The van der Waals surface area contributed by atoms with Crippen LogP contribution in [0.3, 0.4) is 0 Å². The predicted molar refractivity (Wildman–Crippen MR) is 73.1 cm³/mol. The highest BCUT2D eigenvalue weighted by molar-refractivity contribution is 5.94. The fraction of sp³-hybridized carbons (Fsp3) is 0.0667. The summed E-state index contributed by atoms with van der Waals surface area (Å²) in [6.45, 7) is 0. The van der Waals surface area contributed by atoms with Crippen molar-refractivity contribution in [3.63, 3.8) is 0 Å². The number of benzene rings is 1. The summed E-state index contributed by atoms with van der Waals surface area (Å²) in [5.41, 5.74) is 2.41. The first-order valence-electron chi connectivity index (χ1n) is 6.11. The zero-order chi connectivity index (χ0) is 14.1. The zero-order valence-corrected chi connectivity index (χ0v) is 10.5. The van der Waals surface area contributed by atoms with Gasteiger partial charge in [-0.05, 0) is 29.8 Å². The summed E-state index contributed by atoms with van der Waals surface area (Å²) < 4.78 is 1.71. The van der Waals surface area contributed by atoms with Crippen LogP contribution in [0.2, 0.25) is 0 Å². The van der Waals surface area contributed by atoms with Gasteiger partial charge in [0.1, 0.15) is 11.3 Å². The first kappa shape index (κ1) is 12.2. The van der Waals surface area contributed by atoms with Crippen molar-refractivity contribution in [2.24, 2.45) is 0 Å². The molecule has 0 aliphatic carbocycles. The molecule has 0 radical (unpaired) electrons. The third-order valence-electron chi connectivity index (χ3n) is 3.08. The maximum atomic E-state index is 11.1. The zero-order valence-electron chi connectivity index (χ0n) is 10.5. The summed E-state index contributed by atoms with van der Waals surface area (Å²) in [7, 11) is 0. The smallest absolute Gasteiger partial charge is 0.339 e. The Morgan fingerprint density at radius 3 is 2.65 bits per heavy atom. The molecular formula is C15H12N2O3. The number of carboxylic acids is 1. The number of phenolic OH excluding ortho intramolecular Hbond substituents is 1. The normalized spacial score (nSPS) is 10.8. The quantitative estimate of drug-likeness (QED) is 0.764. The minimum absolute atomic E-state index is 0.185. The summed E-state index contributed by atoms with van der Waals surface area (Å²) >= 11 is 0. The molecule has 5 nitrogen and oxygen atoms in total. The molecule has 0 atom stereocenters. The van der Waals surface area contributed by atoms with Gasteiger partial charge in [0, 0.05) is 18.8 Å². The lowest BCUT2D eigenvalue weighted by Crippen LogP contribution is -1.99. The monoisotopic (exact) mass is 268 g/mol. The molecule has 0 bridgehead atoms. The number of imidazole rings is 1. The Kier molecular flexibility index (Phi) is 2.87. The number of aromatic hydroxyl groups is 1. The number of rotatable bonds is 3. The number of hydrogen-bond acceptors (Lipinski definition) is 3. The maximum Gasteiger partial charge on any atom is 0.339 e. The molecule has 1 aromatic carbocycles. The van der Waals surface area contributed by atoms with E-state index >= 15 is 0 Å². The average Bonchev–Trinajstić information content (AvgIpc) is 2.83. The van der Waals surface area contributed by atoms with Gasteiger partial charge in [-0.2, -0.15) is 0 Å². The second kappa shape index (κ2) is 4.70. The van der Waals surface area contributed by atoms with E-state index in [1.807, 2.05) is 18.3 Å². The lowest BCUT2D eigenvalue weighted by molar-refractivity contribution is 0.0698. The van der Waals surface area contributed by atoms with Gasteiger partial charge in [0.15, 0.2) is 5.65 Å². The number of phenols is 1. The van der Waals surface area contributed by atoms with Crippen LogP contribution >= 0.6 is 0 Å². The van der Waals surface area contributed by atoms with E-state index in [1.54, 1.807) is 28.8 Å². The molecule has 2 N–H and O–H groups in total.